The number of rotatable bonds is 11. The van der Waals surface area contributed by atoms with Gasteiger partial charge in [-0.05, 0) is 79.7 Å². The van der Waals surface area contributed by atoms with E-state index in [4.69, 9.17) is 19.1 Å². The van der Waals surface area contributed by atoms with Crippen molar-refractivity contribution < 1.29 is 23.9 Å². The summed E-state index contributed by atoms with van der Waals surface area (Å²) in [6.07, 6.45) is 8.24. The molecule has 1 atom stereocenters. The van der Waals surface area contributed by atoms with E-state index in [9.17, 15) is 4.79 Å². The van der Waals surface area contributed by atoms with Crippen molar-refractivity contribution in [1.29, 1.82) is 0 Å². The maximum Gasteiger partial charge on any atom is 0.303 e. The zero-order chi connectivity index (χ0) is 27.4. The number of piperidine rings is 1. The summed E-state index contributed by atoms with van der Waals surface area (Å²) in [5, 5.41) is 13.0. The highest BCUT2D eigenvalue weighted by atomic mass is 16.5. The number of hydrogen-bond acceptors (Lipinski definition) is 7. The Hall–Kier alpha value is -3.23. The van der Waals surface area contributed by atoms with Crippen LogP contribution in [0.25, 0.3) is 0 Å². The zero-order valence-electron chi connectivity index (χ0n) is 23.1. The molecule has 2 aliphatic heterocycles. The highest BCUT2D eigenvalue weighted by Gasteiger charge is 2.40. The van der Waals surface area contributed by atoms with Crippen molar-refractivity contribution >= 4 is 5.97 Å². The Labute approximate surface area is 235 Å². The molecule has 1 aromatic heterocycles. The molecule has 0 bridgehead atoms. The van der Waals surface area contributed by atoms with Gasteiger partial charge in [-0.25, -0.2) is 0 Å². The van der Waals surface area contributed by atoms with Gasteiger partial charge >= 0.3 is 5.97 Å². The fourth-order valence-corrected chi connectivity index (χ4v) is 6.05. The van der Waals surface area contributed by atoms with Crippen LogP contribution in [-0.4, -0.2) is 51.4 Å². The molecule has 1 spiro atoms. The Kier molecular flexibility index (Phi) is 8.16. The lowest BCUT2D eigenvalue weighted by Crippen LogP contribution is -2.49. The number of nitrogens with zero attached hydrogens (tertiary/aromatic N) is 3. The maximum absolute atomic E-state index is 10.7. The summed E-state index contributed by atoms with van der Waals surface area (Å²) < 4.78 is 17.9. The minimum Gasteiger partial charge on any atom is -0.489 e. The molecule has 1 N–H and O–H groups in total. The van der Waals surface area contributed by atoms with Gasteiger partial charge in [0.05, 0.1) is 5.60 Å². The summed E-state index contributed by atoms with van der Waals surface area (Å²) in [6.45, 7) is 4.38. The van der Waals surface area contributed by atoms with Gasteiger partial charge in [0.2, 0.25) is 5.89 Å². The molecule has 2 aromatic carbocycles. The molecule has 1 unspecified atom stereocenters. The van der Waals surface area contributed by atoms with Gasteiger partial charge in [-0.1, -0.05) is 41.6 Å². The van der Waals surface area contributed by atoms with Gasteiger partial charge in [-0.15, -0.1) is 0 Å². The van der Waals surface area contributed by atoms with E-state index in [1.165, 1.54) is 18.4 Å². The standard InChI is InChI=1S/C32H39N3O5/c36-30(37)12-7-23-5-10-28(11-6-23)38-22-25-3-1-24(2-4-25)21-35-16-14-32(15-17-35)20-26(13-18-39-32)19-29-33-31(34-40-29)27-8-9-27/h1-6,10-11,26-27H,7-9,12-22H2,(H,36,37). The SMILES string of the molecule is O=C(O)CCc1ccc(OCc2ccc(CN3CCC4(CC3)CC(Cc3nc(C5CC5)no3)CCO4)cc2)cc1. The number of aryl methyl sites for hydroxylation is 1. The molecule has 3 heterocycles. The summed E-state index contributed by atoms with van der Waals surface area (Å²) in [6, 6.07) is 16.4. The molecule has 2 saturated heterocycles. The molecule has 8 nitrogen and oxygen atoms in total. The Balaban J connectivity index is 0.935. The first-order chi connectivity index (χ1) is 19.5. The van der Waals surface area contributed by atoms with Crippen LogP contribution < -0.4 is 4.74 Å². The van der Waals surface area contributed by atoms with E-state index in [1.54, 1.807) is 0 Å². The van der Waals surface area contributed by atoms with Crippen LogP contribution in [0.4, 0.5) is 0 Å². The van der Waals surface area contributed by atoms with E-state index in [1.807, 2.05) is 24.3 Å². The van der Waals surface area contributed by atoms with Crippen LogP contribution >= 0.6 is 0 Å². The van der Waals surface area contributed by atoms with Crippen molar-refractivity contribution in [2.45, 2.75) is 82.5 Å². The van der Waals surface area contributed by atoms with E-state index in [-0.39, 0.29) is 12.0 Å². The van der Waals surface area contributed by atoms with E-state index < -0.39 is 5.97 Å². The van der Waals surface area contributed by atoms with Gasteiger partial charge < -0.3 is 19.1 Å². The van der Waals surface area contributed by atoms with Gasteiger partial charge in [0, 0.05) is 45.0 Å². The molecular formula is C32H39N3O5. The molecule has 6 rings (SSSR count). The Morgan fingerprint density at radius 2 is 1.73 bits per heavy atom. The number of benzene rings is 2. The second-order valence-corrected chi connectivity index (χ2v) is 11.8. The van der Waals surface area contributed by atoms with Crippen molar-refractivity contribution in [3.05, 3.63) is 76.9 Å². The van der Waals surface area contributed by atoms with Crippen LogP contribution in [-0.2, 0) is 35.5 Å². The Bertz CT molecular complexity index is 1260. The van der Waals surface area contributed by atoms with Gasteiger partial charge in [0.15, 0.2) is 5.82 Å². The molecule has 212 valence electrons. The normalized spacial score (nSPS) is 20.9. The molecule has 3 aliphatic rings. The van der Waals surface area contributed by atoms with Crippen molar-refractivity contribution in [3.8, 4) is 5.75 Å². The number of carbonyl (C=O) groups is 1. The number of likely N-dealkylation sites (tertiary alicyclic amines) is 1. The molecule has 1 saturated carbocycles. The molecule has 1 aliphatic carbocycles. The Morgan fingerprint density at radius 1 is 1.00 bits per heavy atom. The van der Waals surface area contributed by atoms with E-state index in [0.29, 0.717) is 24.9 Å². The van der Waals surface area contributed by atoms with Crippen LogP contribution in [0.5, 0.6) is 5.75 Å². The van der Waals surface area contributed by atoms with Crippen LogP contribution in [0.3, 0.4) is 0 Å². The topological polar surface area (TPSA) is 97.9 Å². The molecule has 3 aromatic rings. The number of aromatic nitrogens is 2. The lowest BCUT2D eigenvalue weighted by molar-refractivity contribution is -0.137. The predicted octanol–water partition coefficient (Wildman–Crippen LogP) is 5.55. The Morgan fingerprint density at radius 3 is 2.45 bits per heavy atom. The van der Waals surface area contributed by atoms with Gasteiger partial charge in [-0.2, -0.15) is 4.98 Å². The minimum atomic E-state index is -0.779. The maximum atomic E-state index is 10.7. The van der Waals surface area contributed by atoms with Gasteiger partial charge in [-0.3, -0.25) is 9.69 Å². The van der Waals surface area contributed by atoms with Crippen molar-refractivity contribution in [2.24, 2.45) is 5.92 Å². The monoisotopic (exact) mass is 545 g/mol. The second kappa shape index (κ2) is 12.1. The third-order valence-corrected chi connectivity index (χ3v) is 8.64. The van der Waals surface area contributed by atoms with Crippen LogP contribution in [0.15, 0.2) is 53.1 Å². The third kappa shape index (κ3) is 7.09. The van der Waals surface area contributed by atoms with E-state index in [0.717, 1.165) is 86.9 Å². The highest BCUT2D eigenvalue weighted by molar-refractivity contribution is 5.67. The lowest BCUT2D eigenvalue weighted by Gasteiger charge is -2.46. The van der Waals surface area contributed by atoms with Gasteiger partial charge in [0.25, 0.3) is 0 Å². The lowest BCUT2D eigenvalue weighted by atomic mass is 9.78. The molecule has 3 fully saturated rings. The summed E-state index contributed by atoms with van der Waals surface area (Å²) in [7, 11) is 0. The van der Waals surface area contributed by atoms with Crippen molar-refractivity contribution in [2.75, 3.05) is 19.7 Å². The first-order valence-electron chi connectivity index (χ1n) is 14.7. The van der Waals surface area contributed by atoms with Crippen LogP contribution in [0.1, 0.15) is 79.3 Å². The minimum absolute atomic E-state index is 0.00554. The molecule has 0 radical (unpaired) electrons. The second-order valence-electron chi connectivity index (χ2n) is 11.8. The fourth-order valence-electron chi connectivity index (χ4n) is 6.05. The number of carboxylic acid groups (broad SMARTS) is 1. The zero-order valence-corrected chi connectivity index (χ0v) is 23.1. The predicted molar refractivity (Wildman–Crippen MR) is 149 cm³/mol. The quantitative estimate of drug-likeness (QED) is 0.335. The van der Waals surface area contributed by atoms with Crippen molar-refractivity contribution in [1.82, 2.24) is 15.0 Å². The first kappa shape index (κ1) is 27.0. The molecule has 0 amide bonds. The summed E-state index contributed by atoms with van der Waals surface area (Å²) >= 11 is 0. The summed E-state index contributed by atoms with van der Waals surface area (Å²) in [5.41, 5.74) is 3.44. The number of ether oxygens (including phenoxy) is 2. The molecular weight excluding hydrogens is 506 g/mol. The fraction of sp³-hybridized carbons (Fsp3) is 0.531. The first-order valence-corrected chi connectivity index (χ1v) is 14.7. The van der Waals surface area contributed by atoms with E-state index >= 15 is 0 Å². The number of hydrogen-bond donors (Lipinski definition) is 1. The molecule has 8 heteroatoms. The number of carboxylic acids is 1. The van der Waals surface area contributed by atoms with Crippen LogP contribution in [0.2, 0.25) is 0 Å². The summed E-state index contributed by atoms with van der Waals surface area (Å²) in [5.74, 6) is 2.82. The average Bonchev–Trinajstić information content (AvgIpc) is 3.72. The number of aliphatic carboxylic acids is 1. The largest absolute Gasteiger partial charge is 0.489 e. The highest BCUT2D eigenvalue weighted by Crippen LogP contribution is 2.40. The third-order valence-electron chi connectivity index (χ3n) is 8.64. The average molecular weight is 546 g/mol. The van der Waals surface area contributed by atoms with Crippen molar-refractivity contribution in [3.63, 3.8) is 0 Å². The molecule has 40 heavy (non-hydrogen) atoms. The van der Waals surface area contributed by atoms with Crippen LogP contribution in [0, 0.1) is 5.92 Å². The smallest absolute Gasteiger partial charge is 0.303 e. The van der Waals surface area contributed by atoms with Gasteiger partial charge in [0.1, 0.15) is 12.4 Å². The van der Waals surface area contributed by atoms with E-state index in [2.05, 4.69) is 39.3 Å². The summed E-state index contributed by atoms with van der Waals surface area (Å²) in [4.78, 5) is 17.9.